The summed E-state index contributed by atoms with van der Waals surface area (Å²) in [6.45, 7) is 0. The number of fused-ring (bicyclic) bond motifs is 6. The molecule has 1 nitrogen and oxygen atoms in total. The number of hydrogen-bond donors (Lipinski definition) is 0. The molecule has 0 saturated heterocycles. The van der Waals surface area contributed by atoms with E-state index in [9.17, 15) is 0 Å². The van der Waals surface area contributed by atoms with Crippen LogP contribution in [0.5, 0.6) is 0 Å². The second kappa shape index (κ2) is 15.3. The molecule has 1 aliphatic carbocycles. The Hall–Kier alpha value is -7.78. The fourth-order valence-electron chi connectivity index (χ4n) is 10.1. The van der Waals surface area contributed by atoms with Crippen molar-refractivity contribution in [3.05, 3.63) is 271 Å². The van der Waals surface area contributed by atoms with Crippen LogP contribution in [0.3, 0.4) is 0 Å². The van der Waals surface area contributed by atoms with Crippen molar-refractivity contribution in [2.45, 2.75) is 5.41 Å². The first-order valence-electron chi connectivity index (χ1n) is 21.7. The van der Waals surface area contributed by atoms with Crippen LogP contribution in [0.15, 0.2) is 249 Å². The molecule has 0 fully saturated rings. The zero-order chi connectivity index (χ0) is 41.7. The van der Waals surface area contributed by atoms with Gasteiger partial charge in [0.25, 0.3) is 0 Å². The van der Waals surface area contributed by atoms with Crippen molar-refractivity contribution in [3.8, 4) is 44.5 Å². The smallest absolute Gasteiger partial charge is 0.0713 e. The molecule has 2 heteroatoms. The molecule has 0 atom stereocenters. The standard InChI is InChI=1S/C61H41NS/c1-4-16-42(17-5-1)46-38-47(43-18-6-2-7-19-43)40-52(39-46)62(50-33-28-44(29-34-50)45-30-37-60-56(41-45)55-24-12-15-27-59(55)63-60)51-35-31-49(32-36-51)61(48-20-8-3-9-21-48)57-25-13-10-22-53(57)54-23-11-14-26-58(54)61/h1-41H. The van der Waals surface area contributed by atoms with Gasteiger partial charge in [0, 0.05) is 37.2 Å². The van der Waals surface area contributed by atoms with Crippen LogP contribution in [0.25, 0.3) is 64.7 Å². The minimum absolute atomic E-state index is 0.470. The van der Waals surface area contributed by atoms with E-state index >= 15 is 0 Å². The Balaban J connectivity index is 1.03. The summed E-state index contributed by atoms with van der Waals surface area (Å²) in [6, 6.07) is 91.6. The van der Waals surface area contributed by atoms with E-state index in [0.717, 1.165) is 17.1 Å². The molecule has 0 unspecified atom stereocenters. The van der Waals surface area contributed by atoms with Gasteiger partial charge in [0.05, 0.1) is 5.41 Å². The molecular formula is C61H41NS. The quantitative estimate of drug-likeness (QED) is 0.148. The normalized spacial score (nSPS) is 12.6. The molecule has 12 rings (SSSR count). The first-order valence-corrected chi connectivity index (χ1v) is 22.5. The average Bonchev–Trinajstić information content (AvgIpc) is 3.89. The molecule has 0 amide bonds. The lowest BCUT2D eigenvalue weighted by Crippen LogP contribution is -2.28. The average molecular weight is 820 g/mol. The molecule has 1 aliphatic rings. The Morgan fingerprint density at radius 2 is 0.746 bits per heavy atom. The summed E-state index contributed by atoms with van der Waals surface area (Å²) in [7, 11) is 0. The maximum atomic E-state index is 2.42. The number of nitrogens with zero attached hydrogens (tertiary/aromatic N) is 1. The fraction of sp³-hybridized carbons (Fsp3) is 0.0164. The van der Waals surface area contributed by atoms with Crippen LogP contribution in [0.4, 0.5) is 17.1 Å². The topological polar surface area (TPSA) is 3.24 Å². The largest absolute Gasteiger partial charge is 0.310 e. The number of hydrogen-bond acceptors (Lipinski definition) is 2. The summed E-state index contributed by atoms with van der Waals surface area (Å²) < 4.78 is 2.64. The summed E-state index contributed by atoms with van der Waals surface area (Å²) in [5, 5.41) is 2.63. The molecule has 296 valence electrons. The molecule has 0 N–H and O–H groups in total. The fourth-order valence-corrected chi connectivity index (χ4v) is 11.1. The van der Waals surface area contributed by atoms with Crippen LogP contribution in [0.2, 0.25) is 0 Å². The summed E-state index contributed by atoms with van der Waals surface area (Å²) in [6.07, 6.45) is 0. The minimum Gasteiger partial charge on any atom is -0.310 e. The first-order chi connectivity index (χ1) is 31.2. The molecule has 1 heterocycles. The minimum atomic E-state index is -0.470. The highest BCUT2D eigenvalue weighted by Gasteiger charge is 2.45. The second-order valence-corrected chi connectivity index (χ2v) is 17.5. The predicted octanol–water partition coefficient (Wildman–Crippen LogP) is 16.9. The van der Waals surface area contributed by atoms with Gasteiger partial charge in [0.15, 0.2) is 0 Å². The lowest BCUT2D eigenvalue weighted by atomic mass is 9.68. The van der Waals surface area contributed by atoms with Crippen molar-refractivity contribution in [2.75, 3.05) is 4.90 Å². The van der Waals surface area contributed by atoms with Gasteiger partial charge in [-0.25, -0.2) is 0 Å². The van der Waals surface area contributed by atoms with Gasteiger partial charge in [-0.05, 0) is 127 Å². The Bertz CT molecular complexity index is 3320. The number of rotatable bonds is 8. The van der Waals surface area contributed by atoms with Gasteiger partial charge >= 0.3 is 0 Å². The highest BCUT2D eigenvalue weighted by atomic mass is 32.1. The van der Waals surface area contributed by atoms with Crippen molar-refractivity contribution >= 4 is 48.6 Å². The van der Waals surface area contributed by atoms with Gasteiger partial charge in [-0.3, -0.25) is 0 Å². The van der Waals surface area contributed by atoms with E-state index in [1.165, 1.54) is 86.9 Å². The molecule has 0 radical (unpaired) electrons. The van der Waals surface area contributed by atoms with E-state index in [1.54, 1.807) is 0 Å². The van der Waals surface area contributed by atoms with Crippen molar-refractivity contribution in [3.63, 3.8) is 0 Å². The van der Waals surface area contributed by atoms with Crippen LogP contribution < -0.4 is 4.90 Å². The van der Waals surface area contributed by atoms with Crippen LogP contribution in [-0.2, 0) is 5.41 Å². The Kier molecular flexibility index (Phi) is 8.98. The van der Waals surface area contributed by atoms with Crippen LogP contribution in [-0.4, -0.2) is 0 Å². The van der Waals surface area contributed by atoms with E-state index < -0.39 is 5.41 Å². The van der Waals surface area contributed by atoms with Crippen LogP contribution in [0, 0.1) is 0 Å². The Morgan fingerprint density at radius 3 is 1.37 bits per heavy atom. The van der Waals surface area contributed by atoms with Gasteiger partial charge in [-0.2, -0.15) is 0 Å². The van der Waals surface area contributed by atoms with E-state index in [-0.39, 0.29) is 0 Å². The first kappa shape index (κ1) is 37.0. The van der Waals surface area contributed by atoms with Crippen LogP contribution >= 0.6 is 11.3 Å². The van der Waals surface area contributed by atoms with E-state index in [1.807, 2.05) is 11.3 Å². The molecule has 63 heavy (non-hydrogen) atoms. The molecule has 1 aromatic heterocycles. The highest BCUT2D eigenvalue weighted by Crippen LogP contribution is 2.56. The van der Waals surface area contributed by atoms with Crippen molar-refractivity contribution in [2.24, 2.45) is 0 Å². The number of benzene rings is 10. The highest BCUT2D eigenvalue weighted by molar-refractivity contribution is 7.25. The second-order valence-electron chi connectivity index (χ2n) is 16.4. The summed E-state index contributed by atoms with van der Waals surface area (Å²) in [4.78, 5) is 2.42. The third kappa shape index (κ3) is 6.22. The zero-order valence-corrected chi connectivity index (χ0v) is 35.3. The summed E-state index contributed by atoms with van der Waals surface area (Å²) in [5.74, 6) is 0. The van der Waals surface area contributed by atoms with E-state index in [0.29, 0.717) is 0 Å². The molecule has 0 saturated carbocycles. The summed E-state index contributed by atoms with van der Waals surface area (Å²) in [5.41, 5.74) is 17.6. The number of anilines is 3. The van der Waals surface area contributed by atoms with Gasteiger partial charge in [-0.15, -0.1) is 11.3 Å². The van der Waals surface area contributed by atoms with Crippen molar-refractivity contribution in [1.29, 1.82) is 0 Å². The summed E-state index contributed by atoms with van der Waals surface area (Å²) >= 11 is 1.86. The van der Waals surface area contributed by atoms with Crippen molar-refractivity contribution < 1.29 is 0 Å². The third-order valence-corrected chi connectivity index (χ3v) is 14.1. The lowest BCUT2D eigenvalue weighted by molar-refractivity contribution is 0.768. The lowest BCUT2D eigenvalue weighted by Gasteiger charge is -2.34. The predicted molar refractivity (Wildman–Crippen MR) is 268 cm³/mol. The maximum absolute atomic E-state index is 2.42. The molecule has 11 aromatic rings. The third-order valence-electron chi connectivity index (χ3n) is 12.9. The molecule has 10 aromatic carbocycles. The van der Waals surface area contributed by atoms with E-state index in [4.69, 9.17) is 0 Å². The molecule has 0 aliphatic heterocycles. The Labute approximate surface area is 372 Å². The van der Waals surface area contributed by atoms with Gasteiger partial charge < -0.3 is 4.90 Å². The molecule has 0 bridgehead atoms. The number of thiophene rings is 1. The molecule has 0 spiro atoms. The SMILES string of the molecule is c1ccc(-c2cc(-c3ccccc3)cc(N(c3ccc(-c4ccc5sc6ccccc6c5c4)cc3)c3ccc(C4(c5ccccc5)c5ccccc5-c5ccccc54)cc3)c2)cc1. The Morgan fingerprint density at radius 1 is 0.286 bits per heavy atom. The monoisotopic (exact) mass is 819 g/mol. The van der Waals surface area contributed by atoms with Crippen molar-refractivity contribution in [1.82, 2.24) is 0 Å². The van der Waals surface area contributed by atoms with E-state index in [2.05, 4.69) is 254 Å². The van der Waals surface area contributed by atoms with Crippen LogP contribution in [0.1, 0.15) is 22.3 Å². The maximum Gasteiger partial charge on any atom is 0.0713 e. The molecular weight excluding hydrogens is 779 g/mol. The van der Waals surface area contributed by atoms with Gasteiger partial charge in [0.2, 0.25) is 0 Å². The van der Waals surface area contributed by atoms with Gasteiger partial charge in [0.1, 0.15) is 0 Å². The zero-order valence-electron chi connectivity index (χ0n) is 34.5. The van der Waals surface area contributed by atoms with Gasteiger partial charge in [-0.1, -0.05) is 188 Å².